The Hall–Kier alpha value is -2.34. The minimum Gasteiger partial charge on any atom is -0.393 e. The molecule has 3 rings (SSSR count). The van der Waals surface area contributed by atoms with Crippen molar-refractivity contribution >= 4 is 5.91 Å². The molecule has 2 atom stereocenters. The van der Waals surface area contributed by atoms with Gasteiger partial charge in [-0.1, -0.05) is 25.1 Å². The molecule has 6 heteroatoms. The summed E-state index contributed by atoms with van der Waals surface area (Å²) >= 11 is 0. The van der Waals surface area contributed by atoms with E-state index in [1.54, 1.807) is 35.5 Å². The number of likely N-dealkylation sites (tertiary alicyclic amines) is 1. The van der Waals surface area contributed by atoms with Crippen LogP contribution in [0, 0.1) is 11.7 Å². The van der Waals surface area contributed by atoms with E-state index in [1.165, 1.54) is 6.07 Å². The number of aliphatic hydroxyl groups is 1. The Balaban J connectivity index is 1.71. The number of aromatic nitrogens is 2. The Kier molecular flexibility index (Phi) is 5.38. The third-order valence-electron chi connectivity index (χ3n) is 4.73. The summed E-state index contributed by atoms with van der Waals surface area (Å²) in [6.07, 6.45) is 4.46. The zero-order chi connectivity index (χ0) is 17.8. The zero-order valence-corrected chi connectivity index (χ0v) is 14.2. The molecule has 0 bridgehead atoms. The van der Waals surface area contributed by atoms with Crippen LogP contribution in [0.4, 0.5) is 4.39 Å². The van der Waals surface area contributed by atoms with E-state index in [9.17, 15) is 14.3 Å². The number of rotatable bonds is 4. The molecule has 1 N–H and O–H groups in total. The van der Waals surface area contributed by atoms with Gasteiger partial charge in [0.15, 0.2) is 0 Å². The number of carbonyl (C=O) groups is 1. The second kappa shape index (κ2) is 7.70. The van der Waals surface area contributed by atoms with Crippen molar-refractivity contribution in [2.45, 2.75) is 32.3 Å². The van der Waals surface area contributed by atoms with E-state index < -0.39 is 6.10 Å². The van der Waals surface area contributed by atoms with E-state index in [2.05, 4.69) is 9.97 Å². The van der Waals surface area contributed by atoms with Gasteiger partial charge in [0.1, 0.15) is 5.82 Å². The summed E-state index contributed by atoms with van der Waals surface area (Å²) in [4.78, 5) is 22.6. The number of nitrogens with zero attached hydrogens (tertiary/aromatic N) is 3. The van der Waals surface area contributed by atoms with Gasteiger partial charge >= 0.3 is 0 Å². The Labute approximate surface area is 146 Å². The average Bonchev–Trinajstić information content (AvgIpc) is 2.65. The van der Waals surface area contributed by atoms with Gasteiger partial charge in [-0.3, -0.25) is 4.79 Å². The van der Waals surface area contributed by atoms with E-state index in [0.717, 1.165) is 12.0 Å². The second-order valence-corrected chi connectivity index (χ2v) is 6.43. The first-order valence-electron chi connectivity index (χ1n) is 8.60. The van der Waals surface area contributed by atoms with E-state index in [4.69, 9.17) is 0 Å². The minimum absolute atomic E-state index is 0.165. The smallest absolute Gasteiger partial charge is 0.291 e. The second-order valence-electron chi connectivity index (χ2n) is 6.43. The molecule has 0 radical (unpaired) electrons. The molecule has 1 amide bonds. The lowest BCUT2D eigenvalue weighted by Crippen LogP contribution is -2.47. The van der Waals surface area contributed by atoms with Crippen molar-refractivity contribution in [2.75, 3.05) is 13.1 Å². The molecule has 0 saturated carbocycles. The molecule has 1 aromatic carbocycles. The first-order valence-corrected chi connectivity index (χ1v) is 8.60. The predicted octanol–water partition coefficient (Wildman–Crippen LogP) is 2.24. The van der Waals surface area contributed by atoms with E-state index in [1.807, 2.05) is 6.92 Å². The van der Waals surface area contributed by atoms with Crippen LogP contribution in [-0.4, -0.2) is 45.1 Å². The van der Waals surface area contributed by atoms with E-state index in [0.29, 0.717) is 31.5 Å². The van der Waals surface area contributed by atoms with Crippen molar-refractivity contribution in [3.8, 4) is 0 Å². The van der Waals surface area contributed by atoms with Gasteiger partial charge in [0.25, 0.3) is 5.91 Å². The fourth-order valence-electron chi connectivity index (χ4n) is 3.14. The molecule has 0 unspecified atom stereocenters. The molecular formula is C19H22FN3O2. The highest BCUT2D eigenvalue weighted by Crippen LogP contribution is 2.23. The maximum Gasteiger partial charge on any atom is 0.291 e. The summed E-state index contributed by atoms with van der Waals surface area (Å²) in [5, 5.41) is 10.3. The first kappa shape index (κ1) is 17.5. The number of carbonyl (C=O) groups excluding carboxylic acids is 1. The molecule has 1 aliphatic rings. The third-order valence-corrected chi connectivity index (χ3v) is 4.73. The lowest BCUT2D eigenvalue weighted by Gasteiger charge is -2.36. The molecule has 0 spiro atoms. The van der Waals surface area contributed by atoms with Crippen molar-refractivity contribution in [2.24, 2.45) is 5.92 Å². The van der Waals surface area contributed by atoms with Gasteiger partial charge in [-0.2, -0.15) is 0 Å². The van der Waals surface area contributed by atoms with Crippen LogP contribution in [-0.2, 0) is 12.8 Å². The quantitative estimate of drug-likeness (QED) is 0.925. The number of aryl methyl sites for hydroxylation is 1. The van der Waals surface area contributed by atoms with E-state index >= 15 is 0 Å². The lowest BCUT2D eigenvalue weighted by atomic mass is 9.88. The standard InChI is InChI=1S/C19H22FN3O2/c1-2-13-10-21-18(22-11-13)19(25)23-8-7-17(24)15(12-23)9-14-5-3-4-6-16(14)20/h3-6,10-11,15,17,24H,2,7-9,12H2,1H3/t15-,17+/m1/s1. The average molecular weight is 343 g/mol. The number of benzene rings is 1. The Morgan fingerprint density at radius 3 is 2.72 bits per heavy atom. The zero-order valence-electron chi connectivity index (χ0n) is 14.2. The number of piperidine rings is 1. The Morgan fingerprint density at radius 1 is 1.32 bits per heavy atom. The summed E-state index contributed by atoms with van der Waals surface area (Å²) in [7, 11) is 0. The van der Waals surface area contributed by atoms with Crippen LogP contribution in [0.15, 0.2) is 36.7 Å². The van der Waals surface area contributed by atoms with Crippen molar-refractivity contribution < 1.29 is 14.3 Å². The normalized spacial score (nSPS) is 20.5. The largest absolute Gasteiger partial charge is 0.393 e. The number of hydrogen-bond donors (Lipinski definition) is 1. The molecule has 1 aliphatic heterocycles. The van der Waals surface area contributed by atoms with Crippen LogP contribution < -0.4 is 0 Å². The van der Waals surface area contributed by atoms with Crippen molar-refractivity contribution in [1.82, 2.24) is 14.9 Å². The maximum atomic E-state index is 13.9. The highest BCUT2D eigenvalue weighted by Gasteiger charge is 2.32. The van der Waals surface area contributed by atoms with Gasteiger partial charge in [0.05, 0.1) is 6.10 Å². The van der Waals surface area contributed by atoms with Gasteiger partial charge in [0, 0.05) is 31.4 Å². The Bertz CT molecular complexity index is 736. The molecule has 1 fully saturated rings. The van der Waals surface area contributed by atoms with Crippen molar-refractivity contribution in [1.29, 1.82) is 0 Å². The van der Waals surface area contributed by atoms with Crippen LogP contribution in [0.2, 0.25) is 0 Å². The summed E-state index contributed by atoms with van der Waals surface area (Å²) < 4.78 is 13.9. The molecule has 2 aromatic rings. The summed E-state index contributed by atoms with van der Waals surface area (Å²) in [5.74, 6) is -0.563. The van der Waals surface area contributed by atoms with Crippen LogP contribution >= 0.6 is 0 Å². The highest BCUT2D eigenvalue weighted by molar-refractivity contribution is 5.90. The maximum absolute atomic E-state index is 13.9. The highest BCUT2D eigenvalue weighted by atomic mass is 19.1. The number of aliphatic hydroxyl groups excluding tert-OH is 1. The molecule has 25 heavy (non-hydrogen) atoms. The molecule has 0 aliphatic carbocycles. The monoisotopic (exact) mass is 343 g/mol. The predicted molar refractivity (Wildman–Crippen MR) is 91.5 cm³/mol. The fraction of sp³-hybridized carbons (Fsp3) is 0.421. The third kappa shape index (κ3) is 4.02. The summed E-state index contributed by atoms with van der Waals surface area (Å²) in [6, 6.07) is 6.55. The Morgan fingerprint density at radius 2 is 2.04 bits per heavy atom. The molecule has 5 nitrogen and oxygen atoms in total. The van der Waals surface area contributed by atoms with Crippen LogP contribution in [0.25, 0.3) is 0 Å². The minimum atomic E-state index is -0.549. The molecule has 1 aromatic heterocycles. The number of halogens is 1. The van der Waals surface area contributed by atoms with Crippen LogP contribution in [0.1, 0.15) is 35.1 Å². The van der Waals surface area contributed by atoms with Crippen LogP contribution in [0.5, 0.6) is 0 Å². The van der Waals surface area contributed by atoms with Gasteiger partial charge in [-0.15, -0.1) is 0 Å². The topological polar surface area (TPSA) is 66.3 Å². The number of hydrogen-bond acceptors (Lipinski definition) is 4. The summed E-state index contributed by atoms with van der Waals surface area (Å²) in [5.41, 5.74) is 1.53. The molecular weight excluding hydrogens is 321 g/mol. The van der Waals surface area contributed by atoms with Crippen molar-refractivity contribution in [3.05, 3.63) is 59.4 Å². The summed E-state index contributed by atoms with van der Waals surface area (Å²) in [6.45, 7) is 2.82. The van der Waals surface area contributed by atoms with Crippen molar-refractivity contribution in [3.63, 3.8) is 0 Å². The SMILES string of the molecule is CCc1cnc(C(=O)N2CC[C@H](O)[C@H](Cc3ccccc3F)C2)nc1. The number of amides is 1. The lowest BCUT2D eigenvalue weighted by molar-refractivity contribution is 0.0232. The molecule has 1 saturated heterocycles. The molecule has 2 heterocycles. The first-order chi connectivity index (χ1) is 12.1. The van der Waals surface area contributed by atoms with Gasteiger partial charge in [0.2, 0.25) is 5.82 Å². The van der Waals surface area contributed by atoms with E-state index in [-0.39, 0.29) is 23.5 Å². The van der Waals surface area contributed by atoms with Gasteiger partial charge in [-0.25, -0.2) is 14.4 Å². The fourth-order valence-corrected chi connectivity index (χ4v) is 3.14. The van der Waals surface area contributed by atoms with Gasteiger partial charge in [-0.05, 0) is 36.5 Å². The van der Waals surface area contributed by atoms with Gasteiger partial charge < -0.3 is 10.0 Å². The molecule has 132 valence electrons. The van der Waals surface area contributed by atoms with Crippen LogP contribution in [0.3, 0.4) is 0 Å².